The van der Waals surface area contributed by atoms with Crippen LogP contribution < -0.4 is 15.2 Å². The molecule has 0 bridgehead atoms. The molecule has 1 saturated carbocycles. The van der Waals surface area contributed by atoms with Crippen LogP contribution in [0.25, 0.3) is 0 Å². The first-order valence-electron chi connectivity index (χ1n) is 6.91. The Labute approximate surface area is 120 Å². The van der Waals surface area contributed by atoms with Gasteiger partial charge in [0.1, 0.15) is 12.4 Å². The average molecular weight is 298 g/mol. The van der Waals surface area contributed by atoms with Gasteiger partial charge in [-0.1, -0.05) is 19.1 Å². The predicted molar refractivity (Wildman–Crippen MR) is 80.1 cm³/mol. The minimum Gasteiger partial charge on any atom is -0.490 e. The van der Waals surface area contributed by atoms with Crippen molar-refractivity contribution >= 4 is 15.7 Å². The average Bonchev–Trinajstić information content (AvgIpc) is 3.20. The number of anilines is 1. The topological polar surface area (TPSA) is 81.4 Å². The fourth-order valence-electron chi connectivity index (χ4n) is 2.04. The third kappa shape index (κ3) is 4.11. The second-order valence-electron chi connectivity index (χ2n) is 5.38. The Kier molecular flexibility index (Phi) is 4.55. The zero-order valence-electron chi connectivity index (χ0n) is 11.8. The number of rotatable bonds is 8. The van der Waals surface area contributed by atoms with Crippen LogP contribution in [0.3, 0.4) is 0 Å². The second kappa shape index (κ2) is 6.01. The van der Waals surface area contributed by atoms with Gasteiger partial charge in [-0.3, -0.25) is 0 Å². The number of ether oxygens (including phenoxy) is 1. The molecule has 0 atom stereocenters. The summed E-state index contributed by atoms with van der Waals surface area (Å²) in [7, 11) is -3.28. The normalized spacial score (nSPS) is 16.9. The summed E-state index contributed by atoms with van der Waals surface area (Å²) in [5.41, 5.74) is 6.44. The van der Waals surface area contributed by atoms with Gasteiger partial charge in [-0.15, -0.1) is 0 Å². The molecule has 0 saturated heterocycles. The van der Waals surface area contributed by atoms with E-state index in [1.807, 2.05) is 0 Å². The maximum atomic E-state index is 11.9. The fourth-order valence-corrected chi connectivity index (χ4v) is 3.01. The van der Waals surface area contributed by atoms with E-state index in [1.165, 1.54) is 0 Å². The molecule has 0 aliphatic heterocycles. The van der Waals surface area contributed by atoms with Gasteiger partial charge in [0.15, 0.2) is 0 Å². The van der Waals surface area contributed by atoms with Crippen LogP contribution >= 0.6 is 0 Å². The van der Waals surface area contributed by atoms with Gasteiger partial charge in [-0.05, 0) is 36.8 Å². The monoisotopic (exact) mass is 298 g/mol. The van der Waals surface area contributed by atoms with Crippen LogP contribution in [0.1, 0.15) is 26.2 Å². The molecule has 3 N–H and O–H groups in total. The third-order valence-electron chi connectivity index (χ3n) is 3.90. The lowest BCUT2D eigenvalue weighted by Crippen LogP contribution is -2.33. The Hall–Kier alpha value is -1.27. The third-order valence-corrected chi connectivity index (χ3v) is 5.19. The fraction of sp³-hybridized carbons (Fsp3) is 0.571. The van der Waals surface area contributed by atoms with Crippen molar-refractivity contribution in [1.82, 2.24) is 4.72 Å². The highest BCUT2D eigenvalue weighted by atomic mass is 32.2. The Morgan fingerprint density at radius 1 is 1.35 bits per heavy atom. The molecule has 0 spiro atoms. The Morgan fingerprint density at radius 3 is 2.65 bits per heavy atom. The maximum Gasteiger partial charge on any atom is 0.214 e. The van der Waals surface area contributed by atoms with Gasteiger partial charge in [0, 0.05) is 6.54 Å². The number of nitrogens with one attached hydrogen (secondary N) is 1. The number of nitrogen functional groups attached to an aromatic ring is 1. The summed E-state index contributed by atoms with van der Waals surface area (Å²) in [6, 6.07) is 7.06. The Morgan fingerprint density at radius 2 is 2.05 bits per heavy atom. The minimum absolute atomic E-state index is 0.0544. The van der Waals surface area contributed by atoms with E-state index in [0.29, 0.717) is 18.0 Å². The van der Waals surface area contributed by atoms with Crippen molar-refractivity contribution in [3.8, 4) is 5.75 Å². The quantitative estimate of drug-likeness (QED) is 0.717. The molecule has 20 heavy (non-hydrogen) atoms. The van der Waals surface area contributed by atoms with E-state index in [4.69, 9.17) is 10.5 Å². The molecule has 1 aromatic carbocycles. The molecule has 2 rings (SSSR count). The van der Waals surface area contributed by atoms with E-state index < -0.39 is 10.0 Å². The van der Waals surface area contributed by atoms with Gasteiger partial charge < -0.3 is 10.5 Å². The number of hydrogen-bond donors (Lipinski definition) is 2. The highest BCUT2D eigenvalue weighted by Crippen LogP contribution is 2.47. The Bertz CT molecular complexity index is 553. The van der Waals surface area contributed by atoms with Gasteiger partial charge in [0.05, 0.1) is 11.4 Å². The summed E-state index contributed by atoms with van der Waals surface area (Å²) in [4.78, 5) is 0. The summed E-state index contributed by atoms with van der Waals surface area (Å²) >= 11 is 0. The van der Waals surface area contributed by atoms with Crippen LogP contribution in [-0.4, -0.2) is 27.3 Å². The van der Waals surface area contributed by atoms with Crippen LogP contribution in [0.15, 0.2) is 24.3 Å². The first-order valence-corrected chi connectivity index (χ1v) is 8.56. The molecule has 0 radical (unpaired) electrons. The van der Waals surface area contributed by atoms with Gasteiger partial charge in [-0.2, -0.15) is 0 Å². The van der Waals surface area contributed by atoms with Gasteiger partial charge >= 0.3 is 0 Å². The highest BCUT2D eigenvalue weighted by molar-refractivity contribution is 7.89. The molecule has 0 heterocycles. The number of para-hydroxylation sites is 2. The molecule has 0 aromatic heterocycles. The van der Waals surface area contributed by atoms with Crippen LogP contribution in [-0.2, 0) is 10.0 Å². The summed E-state index contributed by atoms with van der Waals surface area (Å²) in [6.45, 7) is 2.74. The Balaban J connectivity index is 1.76. The van der Waals surface area contributed by atoms with Crippen molar-refractivity contribution in [2.75, 3.05) is 24.6 Å². The largest absolute Gasteiger partial charge is 0.490 e. The summed E-state index contributed by atoms with van der Waals surface area (Å²) < 4.78 is 31.8. The maximum absolute atomic E-state index is 11.9. The smallest absolute Gasteiger partial charge is 0.214 e. The predicted octanol–water partition coefficient (Wildman–Crippen LogP) is 1.76. The van der Waals surface area contributed by atoms with E-state index in [-0.39, 0.29) is 17.8 Å². The second-order valence-corrected chi connectivity index (χ2v) is 7.31. The van der Waals surface area contributed by atoms with Crippen LogP contribution in [0.4, 0.5) is 5.69 Å². The summed E-state index contributed by atoms with van der Waals surface area (Å²) in [5.74, 6) is 0.469. The van der Waals surface area contributed by atoms with Gasteiger partial charge in [0.25, 0.3) is 0 Å². The zero-order valence-corrected chi connectivity index (χ0v) is 12.6. The zero-order chi connectivity index (χ0) is 14.6. The van der Waals surface area contributed by atoms with Crippen LogP contribution in [0.2, 0.25) is 0 Å². The van der Waals surface area contributed by atoms with Crippen molar-refractivity contribution in [2.45, 2.75) is 26.2 Å². The standard InChI is InChI=1S/C14H22N2O3S/c1-2-14(7-8-14)11-16-20(17,18)10-9-19-13-6-4-3-5-12(13)15/h3-6,16H,2,7-11,15H2,1H3. The van der Waals surface area contributed by atoms with Crippen molar-refractivity contribution < 1.29 is 13.2 Å². The van der Waals surface area contributed by atoms with E-state index >= 15 is 0 Å². The van der Waals surface area contributed by atoms with Crippen molar-refractivity contribution in [2.24, 2.45) is 5.41 Å². The molecule has 112 valence electrons. The molecule has 0 unspecified atom stereocenters. The lowest BCUT2D eigenvalue weighted by atomic mass is 10.1. The first-order chi connectivity index (χ1) is 9.46. The first kappa shape index (κ1) is 15.1. The van der Waals surface area contributed by atoms with E-state index in [9.17, 15) is 8.42 Å². The van der Waals surface area contributed by atoms with Gasteiger partial charge in [0.2, 0.25) is 10.0 Å². The minimum atomic E-state index is -3.28. The molecule has 1 aromatic rings. The number of benzene rings is 1. The van der Waals surface area contributed by atoms with E-state index in [2.05, 4.69) is 11.6 Å². The SMILES string of the molecule is CCC1(CNS(=O)(=O)CCOc2ccccc2N)CC1. The molecule has 6 heteroatoms. The van der Waals surface area contributed by atoms with Gasteiger partial charge in [-0.25, -0.2) is 13.1 Å². The lowest BCUT2D eigenvalue weighted by Gasteiger charge is -2.14. The molecular weight excluding hydrogens is 276 g/mol. The summed E-state index contributed by atoms with van der Waals surface area (Å²) in [5, 5.41) is 0. The number of hydrogen-bond acceptors (Lipinski definition) is 4. The lowest BCUT2D eigenvalue weighted by molar-refractivity contribution is 0.341. The highest BCUT2D eigenvalue weighted by Gasteiger charge is 2.41. The number of nitrogens with two attached hydrogens (primary N) is 1. The number of sulfonamides is 1. The molecular formula is C14H22N2O3S. The van der Waals surface area contributed by atoms with Crippen molar-refractivity contribution in [1.29, 1.82) is 0 Å². The van der Waals surface area contributed by atoms with Crippen LogP contribution in [0, 0.1) is 5.41 Å². The van der Waals surface area contributed by atoms with E-state index in [0.717, 1.165) is 19.3 Å². The molecule has 1 aliphatic rings. The molecule has 1 fully saturated rings. The van der Waals surface area contributed by atoms with Crippen molar-refractivity contribution in [3.05, 3.63) is 24.3 Å². The van der Waals surface area contributed by atoms with Crippen molar-refractivity contribution in [3.63, 3.8) is 0 Å². The van der Waals surface area contributed by atoms with Crippen LogP contribution in [0.5, 0.6) is 5.75 Å². The van der Waals surface area contributed by atoms with E-state index in [1.54, 1.807) is 24.3 Å². The molecule has 1 aliphatic carbocycles. The molecule has 0 amide bonds. The summed E-state index contributed by atoms with van der Waals surface area (Å²) in [6.07, 6.45) is 3.25. The molecule has 5 nitrogen and oxygen atoms in total.